The van der Waals surface area contributed by atoms with Crippen molar-refractivity contribution < 1.29 is 4.79 Å². The van der Waals surface area contributed by atoms with E-state index in [0.717, 1.165) is 11.3 Å². The number of likely N-dealkylation sites (N-methyl/N-ethyl adjacent to an activating group) is 1. The molecular formula is C13H18ClN3O. The van der Waals surface area contributed by atoms with Gasteiger partial charge in [-0.1, -0.05) is 12.1 Å². The number of carbonyl (C=O) groups is 1. The Bertz CT molecular complexity index is 511. The van der Waals surface area contributed by atoms with Gasteiger partial charge in [-0.05, 0) is 32.4 Å². The number of amides is 1. The maximum absolute atomic E-state index is 12.2. The van der Waals surface area contributed by atoms with Gasteiger partial charge in [0.2, 0.25) is 5.91 Å². The minimum Gasteiger partial charge on any atom is -0.384 e. The lowest BCUT2D eigenvalue weighted by Crippen LogP contribution is -2.35. The van der Waals surface area contributed by atoms with Crippen LogP contribution in [0.1, 0.15) is 31.9 Å². The van der Waals surface area contributed by atoms with Gasteiger partial charge in [0.05, 0.1) is 5.41 Å². The van der Waals surface area contributed by atoms with Gasteiger partial charge in [0.1, 0.15) is 5.84 Å². The second kappa shape index (κ2) is 4.61. The highest BCUT2D eigenvalue weighted by Gasteiger charge is 2.43. The predicted molar refractivity (Wildman–Crippen MR) is 75.8 cm³/mol. The second-order valence-corrected chi connectivity index (χ2v) is 4.82. The van der Waals surface area contributed by atoms with E-state index < -0.39 is 5.41 Å². The van der Waals surface area contributed by atoms with Crippen LogP contribution in [0.2, 0.25) is 0 Å². The molecule has 1 aliphatic heterocycles. The van der Waals surface area contributed by atoms with E-state index in [-0.39, 0.29) is 24.1 Å². The molecule has 98 valence electrons. The van der Waals surface area contributed by atoms with Crippen LogP contribution in [0.5, 0.6) is 0 Å². The van der Waals surface area contributed by atoms with E-state index in [2.05, 4.69) is 0 Å². The van der Waals surface area contributed by atoms with E-state index >= 15 is 0 Å². The Kier molecular flexibility index (Phi) is 3.72. The van der Waals surface area contributed by atoms with Crippen molar-refractivity contribution in [2.24, 2.45) is 5.73 Å². The summed E-state index contributed by atoms with van der Waals surface area (Å²) >= 11 is 0. The molecule has 0 unspecified atom stereocenters. The quantitative estimate of drug-likeness (QED) is 0.636. The number of nitrogen functional groups attached to an aromatic ring is 1. The zero-order valence-electron chi connectivity index (χ0n) is 10.8. The average Bonchev–Trinajstić information content (AvgIpc) is 2.47. The first-order valence-corrected chi connectivity index (χ1v) is 5.70. The number of fused-ring (bicyclic) bond motifs is 1. The molecule has 0 atom stereocenters. The smallest absolute Gasteiger partial charge is 0.237 e. The van der Waals surface area contributed by atoms with Gasteiger partial charge in [0.25, 0.3) is 0 Å². The molecule has 0 aromatic heterocycles. The summed E-state index contributed by atoms with van der Waals surface area (Å²) in [5.41, 5.74) is 7.54. The van der Waals surface area contributed by atoms with Gasteiger partial charge >= 0.3 is 0 Å². The van der Waals surface area contributed by atoms with Crippen molar-refractivity contribution in [3.8, 4) is 0 Å². The highest BCUT2D eigenvalue weighted by atomic mass is 35.5. The Balaban J connectivity index is 0.00000162. The summed E-state index contributed by atoms with van der Waals surface area (Å²) in [5, 5.41) is 7.44. The zero-order chi connectivity index (χ0) is 12.8. The van der Waals surface area contributed by atoms with Gasteiger partial charge in [-0.2, -0.15) is 0 Å². The highest BCUT2D eigenvalue weighted by molar-refractivity contribution is 6.09. The number of hydrogen-bond donors (Lipinski definition) is 2. The highest BCUT2D eigenvalue weighted by Crippen LogP contribution is 2.41. The van der Waals surface area contributed by atoms with Crippen LogP contribution in [0.25, 0.3) is 0 Å². The van der Waals surface area contributed by atoms with E-state index in [0.29, 0.717) is 12.1 Å². The first kappa shape index (κ1) is 14.5. The molecule has 3 N–H and O–H groups in total. The number of amidine groups is 1. The Morgan fingerprint density at radius 1 is 1.44 bits per heavy atom. The topological polar surface area (TPSA) is 70.2 Å². The van der Waals surface area contributed by atoms with Crippen molar-refractivity contribution in [2.75, 3.05) is 11.4 Å². The van der Waals surface area contributed by atoms with Crippen molar-refractivity contribution in [3.05, 3.63) is 29.3 Å². The molecule has 18 heavy (non-hydrogen) atoms. The van der Waals surface area contributed by atoms with Crippen molar-refractivity contribution in [1.29, 1.82) is 5.41 Å². The Labute approximate surface area is 113 Å². The number of halogens is 1. The average molecular weight is 268 g/mol. The van der Waals surface area contributed by atoms with Crippen LogP contribution in [-0.2, 0) is 10.2 Å². The van der Waals surface area contributed by atoms with Crippen LogP contribution in [0.4, 0.5) is 5.69 Å². The maximum Gasteiger partial charge on any atom is 0.237 e. The number of nitrogens with zero attached hydrogens (tertiary/aromatic N) is 1. The summed E-state index contributed by atoms with van der Waals surface area (Å²) in [4.78, 5) is 14.0. The van der Waals surface area contributed by atoms with E-state index in [1.807, 2.05) is 32.9 Å². The fourth-order valence-electron chi connectivity index (χ4n) is 2.33. The molecule has 0 saturated heterocycles. The van der Waals surface area contributed by atoms with Gasteiger partial charge in [0, 0.05) is 17.8 Å². The third-order valence-electron chi connectivity index (χ3n) is 3.37. The van der Waals surface area contributed by atoms with Crippen LogP contribution in [-0.4, -0.2) is 18.3 Å². The normalized spacial score (nSPS) is 16.2. The molecule has 0 bridgehead atoms. The van der Waals surface area contributed by atoms with Crippen LogP contribution >= 0.6 is 12.4 Å². The first-order valence-electron chi connectivity index (χ1n) is 5.70. The lowest BCUT2D eigenvalue weighted by Gasteiger charge is -2.18. The van der Waals surface area contributed by atoms with Crippen molar-refractivity contribution in [2.45, 2.75) is 26.2 Å². The molecule has 4 nitrogen and oxygen atoms in total. The second-order valence-electron chi connectivity index (χ2n) is 4.82. The number of anilines is 1. The monoisotopic (exact) mass is 267 g/mol. The molecule has 1 aromatic rings. The summed E-state index contributed by atoms with van der Waals surface area (Å²) in [5.74, 6) is 0.136. The summed E-state index contributed by atoms with van der Waals surface area (Å²) < 4.78 is 0. The molecule has 1 aliphatic rings. The molecule has 1 heterocycles. The van der Waals surface area contributed by atoms with Gasteiger partial charge < -0.3 is 10.6 Å². The van der Waals surface area contributed by atoms with Crippen LogP contribution in [0, 0.1) is 5.41 Å². The van der Waals surface area contributed by atoms with Crippen molar-refractivity contribution >= 4 is 29.8 Å². The van der Waals surface area contributed by atoms with E-state index in [1.54, 1.807) is 11.0 Å². The number of carbonyl (C=O) groups excluding carboxylic acids is 1. The number of nitrogens with two attached hydrogens (primary N) is 1. The third-order valence-corrected chi connectivity index (χ3v) is 3.37. The Hall–Kier alpha value is -1.55. The maximum atomic E-state index is 12.2. The van der Waals surface area contributed by atoms with Gasteiger partial charge in [-0.3, -0.25) is 10.2 Å². The largest absolute Gasteiger partial charge is 0.384 e. The predicted octanol–water partition coefficient (Wildman–Crippen LogP) is 2.04. The SMILES string of the molecule is CCN1C(=O)C(C)(C)c2ccc(C(=N)N)cc21.Cl. The fourth-order valence-corrected chi connectivity index (χ4v) is 2.33. The lowest BCUT2D eigenvalue weighted by molar-refractivity contribution is -0.122. The molecule has 0 radical (unpaired) electrons. The number of hydrogen-bond acceptors (Lipinski definition) is 2. The fraction of sp³-hybridized carbons (Fsp3) is 0.385. The summed E-state index contributed by atoms with van der Waals surface area (Å²) in [7, 11) is 0. The zero-order valence-corrected chi connectivity index (χ0v) is 11.6. The minimum absolute atomic E-state index is 0. The molecule has 0 fully saturated rings. The Morgan fingerprint density at radius 2 is 2.06 bits per heavy atom. The van der Waals surface area contributed by atoms with Crippen molar-refractivity contribution in [1.82, 2.24) is 0 Å². The van der Waals surface area contributed by atoms with Crippen LogP contribution in [0.15, 0.2) is 18.2 Å². The minimum atomic E-state index is -0.485. The van der Waals surface area contributed by atoms with Crippen LogP contribution in [0.3, 0.4) is 0 Å². The number of nitrogens with one attached hydrogen (secondary N) is 1. The molecule has 2 rings (SSSR count). The van der Waals surface area contributed by atoms with E-state index in [4.69, 9.17) is 11.1 Å². The van der Waals surface area contributed by atoms with E-state index in [9.17, 15) is 4.79 Å². The summed E-state index contributed by atoms with van der Waals surface area (Å²) in [6, 6.07) is 5.53. The summed E-state index contributed by atoms with van der Waals surface area (Å²) in [6.45, 7) is 6.44. The van der Waals surface area contributed by atoms with Crippen molar-refractivity contribution in [3.63, 3.8) is 0 Å². The number of rotatable bonds is 2. The van der Waals surface area contributed by atoms with Crippen LogP contribution < -0.4 is 10.6 Å². The third kappa shape index (κ3) is 1.86. The standard InChI is InChI=1S/C13H17N3O.ClH/c1-4-16-10-7-8(11(14)15)5-6-9(10)13(2,3)12(16)17;/h5-7H,4H2,1-3H3,(H3,14,15);1H. The molecule has 1 amide bonds. The Morgan fingerprint density at radius 3 is 2.56 bits per heavy atom. The molecule has 1 aromatic carbocycles. The van der Waals surface area contributed by atoms with Gasteiger partial charge in [0.15, 0.2) is 0 Å². The summed E-state index contributed by atoms with van der Waals surface area (Å²) in [6.07, 6.45) is 0. The van der Waals surface area contributed by atoms with Gasteiger partial charge in [-0.25, -0.2) is 0 Å². The molecule has 0 saturated carbocycles. The molecule has 0 aliphatic carbocycles. The van der Waals surface area contributed by atoms with Gasteiger partial charge in [-0.15, -0.1) is 12.4 Å². The van der Waals surface area contributed by atoms with E-state index in [1.165, 1.54) is 0 Å². The molecular weight excluding hydrogens is 250 g/mol. The molecule has 5 heteroatoms. The number of benzene rings is 1. The molecule has 0 spiro atoms. The lowest BCUT2D eigenvalue weighted by atomic mass is 9.86. The first-order chi connectivity index (χ1) is 7.89.